The first-order valence-electron chi connectivity index (χ1n) is 6.52. The van der Waals surface area contributed by atoms with Crippen molar-refractivity contribution in [2.24, 2.45) is 5.92 Å². The van der Waals surface area contributed by atoms with Gasteiger partial charge in [-0.3, -0.25) is 4.79 Å². The number of anilines is 1. The van der Waals surface area contributed by atoms with Gasteiger partial charge in [0.05, 0.1) is 11.3 Å². The zero-order valence-corrected chi connectivity index (χ0v) is 11.2. The van der Waals surface area contributed by atoms with Crippen molar-refractivity contribution in [3.63, 3.8) is 0 Å². The standard InChI is InChI=1S/C14H17FN2O3/c1-16-13(18)9-4-6-17(7-5-9)12-3-2-10(15)8-11(12)14(19)20/h2-3,8-9H,4-7H2,1H3,(H,16,18)(H,19,20). The number of carboxylic acids is 1. The average molecular weight is 280 g/mol. The molecule has 0 unspecified atom stereocenters. The maximum atomic E-state index is 13.2. The summed E-state index contributed by atoms with van der Waals surface area (Å²) in [5.41, 5.74) is 0.470. The van der Waals surface area contributed by atoms with Gasteiger partial charge in [0.2, 0.25) is 5.91 Å². The third-order valence-corrected chi connectivity index (χ3v) is 3.64. The summed E-state index contributed by atoms with van der Waals surface area (Å²) in [4.78, 5) is 24.6. The van der Waals surface area contributed by atoms with Crippen LogP contribution in [0.4, 0.5) is 10.1 Å². The van der Waals surface area contributed by atoms with Crippen LogP contribution in [0.2, 0.25) is 0 Å². The quantitative estimate of drug-likeness (QED) is 0.880. The average Bonchev–Trinajstić information content (AvgIpc) is 2.46. The molecule has 1 aromatic carbocycles. The zero-order valence-electron chi connectivity index (χ0n) is 11.2. The number of piperidine rings is 1. The molecule has 1 aliphatic heterocycles. The van der Waals surface area contributed by atoms with E-state index in [1.54, 1.807) is 7.05 Å². The predicted octanol–water partition coefficient (Wildman–Crippen LogP) is 1.49. The Morgan fingerprint density at radius 1 is 1.35 bits per heavy atom. The van der Waals surface area contributed by atoms with Crippen molar-refractivity contribution < 1.29 is 19.1 Å². The number of carboxylic acid groups (broad SMARTS) is 1. The van der Waals surface area contributed by atoms with Crippen LogP contribution in [0, 0.1) is 11.7 Å². The maximum Gasteiger partial charge on any atom is 0.337 e. The molecule has 0 aliphatic carbocycles. The molecule has 0 radical (unpaired) electrons. The molecule has 0 aromatic heterocycles. The van der Waals surface area contributed by atoms with E-state index < -0.39 is 11.8 Å². The van der Waals surface area contributed by atoms with Crippen LogP contribution in [0.3, 0.4) is 0 Å². The third kappa shape index (κ3) is 2.89. The zero-order chi connectivity index (χ0) is 14.7. The van der Waals surface area contributed by atoms with E-state index in [1.165, 1.54) is 12.1 Å². The molecule has 108 valence electrons. The number of carbonyl (C=O) groups excluding carboxylic acids is 1. The summed E-state index contributed by atoms with van der Waals surface area (Å²) >= 11 is 0. The van der Waals surface area contributed by atoms with Gasteiger partial charge in [-0.25, -0.2) is 9.18 Å². The Morgan fingerprint density at radius 2 is 2.00 bits per heavy atom. The minimum Gasteiger partial charge on any atom is -0.478 e. The molecule has 0 bridgehead atoms. The monoisotopic (exact) mass is 280 g/mol. The van der Waals surface area contributed by atoms with Crippen molar-refractivity contribution in [1.29, 1.82) is 0 Å². The number of halogens is 1. The van der Waals surface area contributed by atoms with Crippen molar-refractivity contribution in [1.82, 2.24) is 5.32 Å². The van der Waals surface area contributed by atoms with E-state index in [0.717, 1.165) is 6.07 Å². The molecule has 6 heteroatoms. The lowest BCUT2D eigenvalue weighted by Crippen LogP contribution is -2.40. The van der Waals surface area contributed by atoms with Crippen LogP contribution in [0.1, 0.15) is 23.2 Å². The molecule has 1 heterocycles. The molecule has 1 saturated heterocycles. The lowest BCUT2D eigenvalue weighted by atomic mass is 9.95. The molecule has 20 heavy (non-hydrogen) atoms. The van der Waals surface area contributed by atoms with Crippen molar-refractivity contribution in [3.8, 4) is 0 Å². The number of hydrogen-bond acceptors (Lipinski definition) is 3. The minimum absolute atomic E-state index is 0.0159. The second kappa shape index (κ2) is 5.90. The Bertz CT molecular complexity index is 525. The third-order valence-electron chi connectivity index (χ3n) is 3.64. The smallest absolute Gasteiger partial charge is 0.337 e. The van der Waals surface area contributed by atoms with E-state index in [-0.39, 0.29) is 17.4 Å². The highest BCUT2D eigenvalue weighted by Crippen LogP contribution is 2.27. The van der Waals surface area contributed by atoms with Gasteiger partial charge in [0, 0.05) is 26.1 Å². The number of nitrogens with one attached hydrogen (secondary N) is 1. The number of amides is 1. The van der Waals surface area contributed by atoms with Gasteiger partial charge in [-0.1, -0.05) is 0 Å². The van der Waals surface area contributed by atoms with Gasteiger partial charge in [-0.2, -0.15) is 0 Å². The lowest BCUT2D eigenvalue weighted by Gasteiger charge is -2.33. The second-order valence-electron chi connectivity index (χ2n) is 4.84. The van der Waals surface area contributed by atoms with Crippen LogP contribution >= 0.6 is 0 Å². The highest BCUT2D eigenvalue weighted by Gasteiger charge is 2.26. The van der Waals surface area contributed by atoms with E-state index >= 15 is 0 Å². The molecule has 5 nitrogen and oxygen atoms in total. The van der Waals surface area contributed by atoms with E-state index in [4.69, 9.17) is 5.11 Å². The van der Waals surface area contributed by atoms with Gasteiger partial charge in [-0.15, -0.1) is 0 Å². The highest BCUT2D eigenvalue weighted by molar-refractivity contribution is 5.94. The van der Waals surface area contributed by atoms with Gasteiger partial charge in [0.15, 0.2) is 0 Å². The summed E-state index contributed by atoms with van der Waals surface area (Å²) in [6.07, 6.45) is 1.33. The summed E-state index contributed by atoms with van der Waals surface area (Å²) in [5, 5.41) is 11.8. The van der Waals surface area contributed by atoms with Crippen LogP contribution in [0.5, 0.6) is 0 Å². The molecule has 1 aliphatic rings. The normalized spacial score (nSPS) is 16.0. The number of hydrogen-bond donors (Lipinski definition) is 2. The molecule has 0 spiro atoms. The molecule has 0 saturated carbocycles. The SMILES string of the molecule is CNC(=O)C1CCN(c2ccc(F)cc2C(=O)O)CC1. The van der Waals surface area contributed by atoms with Crippen molar-refractivity contribution in [2.75, 3.05) is 25.0 Å². The molecule has 2 rings (SSSR count). The van der Waals surface area contributed by atoms with Crippen LogP contribution in [-0.4, -0.2) is 37.1 Å². The van der Waals surface area contributed by atoms with Crippen LogP contribution in [0.25, 0.3) is 0 Å². The fourth-order valence-electron chi connectivity index (χ4n) is 2.54. The van der Waals surface area contributed by atoms with E-state index in [1.807, 2.05) is 4.90 Å². The Morgan fingerprint density at radius 3 is 2.55 bits per heavy atom. The molecule has 1 aromatic rings. The Labute approximate surface area is 116 Å². The molecular weight excluding hydrogens is 263 g/mol. The predicted molar refractivity (Wildman–Crippen MR) is 72.4 cm³/mol. The topological polar surface area (TPSA) is 69.6 Å². The summed E-state index contributed by atoms with van der Waals surface area (Å²) in [5.74, 6) is -1.73. The number of carbonyl (C=O) groups is 2. The van der Waals surface area contributed by atoms with E-state index in [2.05, 4.69) is 5.32 Å². The summed E-state index contributed by atoms with van der Waals surface area (Å²) in [6.45, 7) is 1.17. The lowest BCUT2D eigenvalue weighted by molar-refractivity contribution is -0.125. The first-order chi connectivity index (χ1) is 9.52. The van der Waals surface area contributed by atoms with Crippen molar-refractivity contribution in [2.45, 2.75) is 12.8 Å². The number of aromatic carboxylic acids is 1. The summed E-state index contributed by atoms with van der Waals surface area (Å²) < 4.78 is 13.2. The van der Waals surface area contributed by atoms with Crippen LogP contribution in [0.15, 0.2) is 18.2 Å². The molecule has 1 fully saturated rings. The Balaban J connectivity index is 2.15. The van der Waals surface area contributed by atoms with Gasteiger partial charge in [0.25, 0.3) is 0 Å². The Kier molecular flexibility index (Phi) is 4.22. The molecule has 2 N–H and O–H groups in total. The van der Waals surface area contributed by atoms with Gasteiger partial charge in [-0.05, 0) is 31.0 Å². The number of benzene rings is 1. The molecule has 0 atom stereocenters. The van der Waals surface area contributed by atoms with Gasteiger partial charge in [0.1, 0.15) is 5.82 Å². The minimum atomic E-state index is -1.15. The maximum absolute atomic E-state index is 13.2. The molecular formula is C14H17FN2O3. The first kappa shape index (κ1) is 14.3. The number of rotatable bonds is 3. The van der Waals surface area contributed by atoms with Crippen molar-refractivity contribution >= 4 is 17.6 Å². The Hall–Kier alpha value is -2.11. The largest absolute Gasteiger partial charge is 0.478 e. The summed E-state index contributed by atoms with van der Waals surface area (Å²) in [6, 6.07) is 3.77. The van der Waals surface area contributed by atoms with Crippen LogP contribution in [-0.2, 0) is 4.79 Å². The van der Waals surface area contributed by atoms with Gasteiger partial charge >= 0.3 is 5.97 Å². The second-order valence-corrected chi connectivity index (χ2v) is 4.84. The van der Waals surface area contributed by atoms with Crippen molar-refractivity contribution in [3.05, 3.63) is 29.6 Å². The van der Waals surface area contributed by atoms with Gasteiger partial charge < -0.3 is 15.3 Å². The fraction of sp³-hybridized carbons (Fsp3) is 0.429. The first-order valence-corrected chi connectivity index (χ1v) is 6.52. The van der Waals surface area contributed by atoms with E-state index in [0.29, 0.717) is 31.6 Å². The highest BCUT2D eigenvalue weighted by atomic mass is 19.1. The van der Waals surface area contributed by atoms with E-state index in [9.17, 15) is 14.0 Å². The van der Waals surface area contributed by atoms with Crippen LogP contribution < -0.4 is 10.2 Å². The summed E-state index contributed by atoms with van der Waals surface area (Å²) in [7, 11) is 1.61. The molecule has 1 amide bonds. The fourth-order valence-corrected chi connectivity index (χ4v) is 2.54. The number of nitrogens with zero attached hydrogens (tertiary/aromatic N) is 1.